The first-order valence-corrected chi connectivity index (χ1v) is 38.2. The first-order valence-electron chi connectivity index (χ1n) is 36.8. The number of carbonyl (C=O) groups excluding carboxylic acids is 8. The first kappa shape index (κ1) is 94.7. The van der Waals surface area contributed by atoms with Gasteiger partial charge >= 0.3 is 0 Å². The molecule has 0 aromatic rings. The topological polar surface area (TPSA) is 535 Å². The highest BCUT2D eigenvalue weighted by Gasteiger charge is 2.48. The summed E-state index contributed by atoms with van der Waals surface area (Å²) in [7, 11) is 0.343. The van der Waals surface area contributed by atoms with Crippen molar-refractivity contribution in [2.45, 2.75) is 222 Å². The van der Waals surface area contributed by atoms with Gasteiger partial charge < -0.3 is 150 Å². The minimum Gasteiger partial charge on any atom is -0.394 e. The Hall–Kier alpha value is -4.69. The van der Waals surface area contributed by atoms with E-state index in [1.54, 1.807) is 0 Å². The van der Waals surface area contributed by atoms with E-state index in [9.17, 15) is 84.3 Å². The highest BCUT2D eigenvalue weighted by Crippen LogP contribution is 2.41. The SMILES string of the molecule is CC(=O)NC1C(OCCOCCOCCNC(=O)CCC(CCC(=O)NCCOCCOCCOC2OC(CO)C(O)C(O)C2NC(C)=O)(CCC(=O)NCCOCCOCCOC2OC(CO)C(O)C(O)C2NC(C)=O)NC(=O)CCCC(=O)NCPCOC2CCC(C(C)(C)C)C2)OC(CO)C(O)C1O. The van der Waals surface area contributed by atoms with Gasteiger partial charge in [-0.2, -0.15) is 0 Å². The zero-order chi connectivity index (χ0) is 78.7. The summed E-state index contributed by atoms with van der Waals surface area (Å²) in [4.78, 5) is 103. The van der Waals surface area contributed by atoms with Crippen LogP contribution < -0.4 is 42.5 Å². The highest BCUT2D eigenvalue weighted by molar-refractivity contribution is 7.37. The molecule has 0 bridgehead atoms. The molecule has 0 aromatic heterocycles. The van der Waals surface area contributed by atoms with Crippen molar-refractivity contribution in [2.24, 2.45) is 11.3 Å². The second kappa shape index (κ2) is 52.5. The fourth-order valence-electron chi connectivity index (χ4n) is 12.3. The normalized spacial score (nSPS) is 27.3. The number of ether oxygens (including phenoxy) is 13. The van der Waals surface area contributed by atoms with Crippen LogP contribution in [0.15, 0.2) is 0 Å². The number of carbonyl (C=O) groups is 8. The van der Waals surface area contributed by atoms with Gasteiger partial charge in [-0.1, -0.05) is 29.4 Å². The molecule has 3 aliphatic heterocycles. The zero-order valence-corrected chi connectivity index (χ0v) is 63.7. The van der Waals surface area contributed by atoms with Crippen LogP contribution in [0.3, 0.4) is 0 Å². The van der Waals surface area contributed by atoms with Gasteiger partial charge in [0.15, 0.2) is 18.9 Å². The number of amides is 8. The van der Waals surface area contributed by atoms with E-state index in [4.69, 9.17) is 61.6 Å². The summed E-state index contributed by atoms with van der Waals surface area (Å²) in [6.45, 7) is 9.57. The van der Waals surface area contributed by atoms with Gasteiger partial charge in [0.25, 0.3) is 0 Å². The summed E-state index contributed by atoms with van der Waals surface area (Å²) in [5.41, 5.74) is -1.11. The summed E-state index contributed by atoms with van der Waals surface area (Å²) in [5, 5.41) is 113. The Balaban J connectivity index is 1.32. The van der Waals surface area contributed by atoms with Crippen molar-refractivity contribution in [3.05, 3.63) is 0 Å². The average molecular weight is 1560 g/mol. The maximum Gasteiger partial charge on any atom is 0.220 e. The van der Waals surface area contributed by atoms with Crippen molar-refractivity contribution in [2.75, 3.05) is 151 Å². The molecule has 38 nitrogen and oxygen atoms in total. The lowest BCUT2D eigenvalue weighted by Gasteiger charge is -2.42. The predicted octanol–water partition coefficient (Wildman–Crippen LogP) is -5.38. The monoisotopic (exact) mass is 1560 g/mol. The van der Waals surface area contributed by atoms with Crippen molar-refractivity contribution in [1.82, 2.24) is 42.5 Å². The van der Waals surface area contributed by atoms with Gasteiger partial charge in [-0.05, 0) is 56.3 Å². The van der Waals surface area contributed by atoms with E-state index in [1.165, 1.54) is 20.8 Å². The third-order valence-corrected chi connectivity index (χ3v) is 19.0. The fourth-order valence-corrected chi connectivity index (χ4v) is 13.0. The molecule has 1 saturated carbocycles. The molecular weight excluding hydrogens is 1440 g/mol. The molecule has 17 N–H and O–H groups in total. The van der Waals surface area contributed by atoms with Gasteiger partial charge in [-0.25, -0.2) is 0 Å². The Morgan fingerprint density at radius 1 is 0.411 bits per heavy atom. The quantitative estimate of drug-likeness (QED) is 0.0200. The molecule has 1 aliphatic carbocycles. The van der Waals surface area contributed by atoms with Gasteiger partial charge in [0.05, 0.1) is 131 Å². The van der Waals surface area contributed by atoms with E-state index < -0.39 is 159 Å². The molecule has 4 fully saturated rings. The molecule has 18 unspecified atom stereocenters. The second-order valence-electron chi connectivity index (χ2n) is 27.7. The van der Waals surface area contributed by atoms with E-state index >= 15 is 0 Å². The third kappa shape index (κ3) is 37.0. The summed E-state index contributed by atoms with van der Waals surface area (Å²) < 4.78 is 73.4. The molecule has 0 aromatic carbocycles. The van der Waals surface area contributed by atoms with Gasteiger partial charge in [0.1, 0.15) is 73.1 Å². The Bertz CT molecular complexity index is 2370. The second-order valence-corrected chi connectivity index (χ2v) is 28.8. The standard InChI is InChI=1S/C68H123N8O30P/c1-42(80)73-55-61(91)58(88)47(37-77)104-64(55)100-33-30-97-27-24-94-21-18-69-51(84)12-15-68(76-54(87)9-7-8-50(83)72-40-107-41-103-46-11-10-45(36-46)67(4,5)6,16-13-52(85)70-19-22-95-25-28-98-31-34-101-65-56(74-43(2)81)62(92)59(89)48(38-78)105-65)17-14-53(86)71-20-23-96-26-29-99-32-35-102-66-57(75-44(3)82)63(93)60(90)49(39-79)106-66/h45-49,55-66,77-79,88-93,107H,7-41H2,1-6H3,(H,69,84)(H,70,85)(H,71,86)(H,72,83)(H,73,80)(H,74,81)(H,75,82)(H,76,87). The van der Waals surface area contributed by atoms with Crippen LogP contribution in [0.4, 0.5) is 0 Å². The highest BCUT2D eigenvalue weighted by atomic mass is 31.1. The van der Waals surface area contributed by atoms with Crippen LogP contribution >= 0.6 is 8.58 Å². The van der Waals surface area contributed by atoms with Crippen LogP contribution in [0, 0.1) is 11.3 Å². The van der Waals surface area contributed by atoms with Crippen molar-refractivity contribution >= 4 is 55.8 Å². The molecule has 0 spiro atoms. The van der Waals surface area contributed by atoms with Gasteiger partial charge in [0.2, 0.25) is 47.3 Å². The molecule has 8 amide bonds. The van der Waals surface area contributed by atoms with Gasteiger partial charge in [0, 0.05) is 84.3 Å². The summed E-state index contributed by atoms with van der Waals surface area (Å²) >= 11 is 0. The van der Waals surface area contributed by atoms with Crippen molar-refractivity contribution in [3.63, 3.8) is 0 Å². The number of rotatable bonds is 55. The molecule has 18 atom stereocenters. The lowest BCUT2D eigenvalue weighted by atomic mass is 9.80. The van der Waals surface area contributed by atoms with E-state index in [1.807, 2.05) is 0 Å². The summed E-state index contributed by atoms with van der Waals surface area (Å²) in [6.07, 6.45) is -12.1. The predicted molar refractivity (Wildman–Crippen MR) is 378 cm³/mol. The van der Waals surface area contributed by atoms with Crippen LogP contribution in [0.5, 0.6) is 0 Å². The number of aliphatic hydroxyl groups excluding tert-OH is 9. The molecular formula is C68H123N8O30P. The number of hydrogen-bond donors (Lipinski definition) is 17. The zero-order valence-electron chi connectivity index (χ0n) is 62.7. The maximum atomic E-state index is 14.1. The van der Waals surface area contributed by atoms with Gasteiger partial charge in [-0.3, -0.25) is 38.4 Å². The number of hydrogen-bond acceptors (Lipinski definition) is 30. The summed E-state index contributed by atoms with van der Waals surface area (Å²) in [5.74, 6) is -2.94. The summed E-state index contributed by atoms with van der Waals surface area (Å²) in [6, 6.07) is -3.36. The van der Waals surface area contributed by atoms with Crippen molar-refractivity contribution in [1.29, 1.82) is 0 Å². The van der Waals surface area contributed by atoms with Gasteiger partial charge in [-0.15, -0.1) is 0 Å². The van der Waals surface area contributed by atoms with Crippen molar-refractivity contribution < 1.29 is 146 Å². The third-order valence-electron chi connectivity index (χ3n) is 18.2. The largest absolute Gasteiger partial charge is 0.394 e. The van der Waals surface area contributed by atoms with Crippen LogP contribution in [-0.2, 0) is 99.9 Å². The van der Waals surface area contributed by atoms with Crippen LogP contribution in [0.1, 0.15) is 119 Å². The maximum absolute atomic E-state index is 14.1. The number of nitrogens with one attached hydrogen (secondary N) is 8. The molecule has 3 heterocycles. The van der Waals surface area contributed by atoms with E-state index in [0.29, 0.717) is 27.1 Å². The lowest BCUT2D eigenvalue weighted by Crippen LogP contribution is -2.64. The van der Waals surface area contributed by atoms with E-state index in [-0.39, 0.29) is 194 Å². The van der Waals surface area contributed by atoms with Crippen molar-refractivity contribution in [3.8, 4) is 0 Å². The molecule has 3 saturated heterocycles. The first-order chi connectivity index (χ1) is 51.1. The molecule has 4 aliphatic rings. The fraction of sp³-hybridized carbons (Fsp3) is 0.882. The molecule has 39 heteroatoms. The Kier molecular flexibility index (Phi) is 46.5. The molecule has 0 radical (unpaired) electrons. The van der Waals surface area contributed by atoms with Crippen LogP contribution in [-0.4, -0.2) is 348 Å². The minimum absolute atomic E-state index is 0.0291. The minimum atomic E-state index is -1.48. The Labute approximate surface area is 626 Å². The number of aliphatic hydroxyl groups is 9. The van der Waals surface area contributed by atoms with E-state index in [2.05, 4.69) is 63.3 Å². The van der Waals surface area contributed by atoms with Crippen LogP contribution in [0.2, 0.25) is 0 Å². The van der Waals surface area contributed by atoms with Crippen LogP contribution in [0.25, 0.3) is 0 Å². The average Bonchev–Trinajstić information content (AvgIpc) is 1.25. The Morgan fingerprint density at radius 3 is 1.07 bits per heavy atom. The Morgan fingerprint density at radius 2 is 0.738 bits per heavy atom. The smallest absolute Gasteiger partial charge is 0.220 e. The molecule has 620 valence electrons. The van der Waals surface area contributed by atoms with E-state index in [0.717, 1.165) is 19.3 Å². The lowest BCUT2D eigenvalue weighted by molar-refractivity contribution is -0.272. The molecule has 107 heavy (non-hydrogen) atoms. The molecule has 4 rings (SSSR count).